The van der Waals surface area contributed by atoms with E-state index in [0.717, 1.165) is 32.2 Å². The Bertz CT molecular complexity index is 245. The van der Waals surface area contributed by atoms with E-state index in [9.17, 15) is 13.2 Å². The van der Waals surface area contributed by atoms with Crippen LogP contribution in [0.2, 0.25) is 0 Å². The van der Waals surface area contributed by atoms with Crippen LogP contribution in [0.4, 0.5) is 13.2 Å². The van der Waals surface area contributed by atoms with Gasteiger partial charge < -0.3 is 10.1 Å². The molecule has 0 amide bonds. The van der Waals surface area contributed by atoms with Crippen LogP contribution in [0.3, 0.4) is 0 Å². The zero-order valence-electron chi connectivity index (χ0n) is 11.3. The first-order valence-corrected chi connectivity index (χ1v) is 6.78. The van der Waals surface area contributed by atoms with E-state index in [-0.39, 0.29) is 12.2 Å². The van der Waals surface area contributed by atoms with Crippen molar-refractivity contribution in [3.8, 4) is 0 Å². The van der Waals surface area contributed by atoms with Crippen molar-refractivity contribution in [1.29, 1.82) is 0 Å². The van der Waals surface area contributed by atoms with E-state index < -0.39 is 12.6 Å². The van der Waals surface area contributed by atoms with E-state index in [1.165, 1.54) is 0 Å². The van der Waals surface area contributed by atoms with Crippen molar-refractivity contribution in [2.75, 3.05) is 19.7 Å². The Morgan fingerprint density at radius 3 is 2.67 bits per heavy atom. The van der Waals surface area contributed by atoms with Crippen molar-refractivity contribution in [2.24, 2.45) is 5.92 Å². The molecule has 1 aliphatic carbocycles. The molecule has 1 fully saturated rings. The molecule has 0 aliphatic heterocycles. The largest absolute Gasteiger partial charge is 0.391 e. The number of rotatable bonds is 6. The summed E-state index contributed by atoms with van der Waals surface area (Å²) in [6.45, 7) is 5.40. The monoisotopic (exact) mass is 267 g/mol. The molecule has 0 aromatic heterocycles. The standard InChI is InChI=1S/C13H24F3NO/c1-3-17-10-12(6-4-5-11(2)9-12)18-8-7-13(14,15)16/h11,17H,3-10H2,1-2H3. The Balaban J connectivity index is 2.49. The number of halogens is 3. The maximum atomic E-state index is 12.2. The zero-order chi connectivity index (χ0) is 13.6. The number of hydrogen-bond donors (Lipinski definition) is 1. The minimum absolute atomic E-state index is 0.221. The fourth-order valence-electron chi connectivity index (χ4n) is 2.69. The third kappa shape index (κ3) is 5.57. The number of hydrogen-bond acceptors (Lipinski definition) is 2. The summed E-state index contributed by atoms with van der Waals surface area (Å²) in [6, 6.07) is 0. The lowest BCUT2D eigenvalue weighted by Gasteiger charge is -2.40. The number of likely N-dealkylation sites (N-methyl/N-ethyl adjacent to an activating group) is 1. The molecule has 0 bridgehead atoms. The normalized spacial score (nSPS) is 29.5. The lowest BCUT2D eigenvalue weighted by Crippen LogP contribution is -2.47. The molecular weight excluding hydrogens is 243 g/mol. The fourth-order valence-corrected chi connectivity index (χ4v) is 2.69. The van der Waals surface area contributed by atoms with Gasteiger partial charge in [-0.3, -0.25) is 0 Å². The van der Waals surface area contributed by atoms with E-state index in [1.807, 2.05) is 6.92 Å². The Hall–Kier alpha value is -0.290. The van der Waals surface area contributed by atoms with Crippen molar-refractivity contribution >= 4 is 0 Å². The highest BCUT2D eigenvalue weighted by atomic mass is 19.4. The highest BCUT2D eigenvalue weighted by molar-refractivity contribution is 4.89. The molecule has 0 heterocycles. The highest BCUT2D eigenvalue weighted by Gasteiger charge is 2.37. The molecule has 1 rings (SSSR count). The lowest BCUT2D eigenvalue weighted by atomic mass is 9.78. The lowest BCUT2D eigenvalue weighted by molar-refractivity contribution is -0.163. The Morgan fingerprint density at radius 1 is 1.39 bits per heavy atom. The summed E-state index contributed by atoms with van der Waals surface area (Å²) in [7, 11) is 0. The summed E-state index contributed by atoms with van der Waals surface area (Å²) in [6.07, 6.45) is -1.07. The van der Waals surface area contributed by atoms with Crippen LogP contribution in [0, 0.1) is 5.92 Å². The minimum atomic E-state index is -4.13. The van der Waals surface area contributed by atoms with Crippen molar-refractivity contribution < 1.29 is 17.9 Å². The first kappa shape index (κ1) is 15.8. The van der Waals surface area contributed by atoms with Gasteiger partial charge in [-0.2, -0.15) is 13.2 Å². The smallest absolute Gasteiger partial charge is 0.373 e. The quantitative estimate of drug-likeness (QED) is 0.795. The van der Waals surface area contributed by atoms with Crippen LogP contribution < -0.4 is 5.32 Å². The molecule has 1 saturated carbocycles. The molecular formula is C13H24F3NO. The molecule has 1 N–H and O–H groups in total. The molecule has 18 heavy (non-hydrogen) atoms. The summed E-state index contributed by atoms with van der Waals surface area (Å²) in [5.74, 6) is 0.531. The second-order valence-electron chi connectivity index (χ2n) is 5.38. The van der Waals surface area contributed by atoms with E-state index in [0.29, 0.717) is 12.5 Å². The van der Waals surface area contributed by atoms with Gasteiger partial charge in [0.1, 0.15) is 0 Å². The first-order chi connectivity index (χ1) is 8.37. The number of ether oxygens (including phenoxy) is 1. The van der Waals surface area contributed by atoms with E-state index >= 15 is 0 Å². The van der Waals surface area contributed by atoms with Crippen molar-refractivity contribution in [1.82, 2.24) is 5.32 Å². The van der Waals surface area contributed by atoms with Crippen LogP contribution in [0.25, 0.3) is 0 Å². The van der Waals surface area contributed by atoms with Gasteiger partial charge in [0.25, 0.3) is 0 Å². The van der Waals surface area contributed by atoms with E-state index in [2.05, 4.69) is 12.2 Å². The molecule has 2 nitrogen and oxygen atoms in total. The van der Waals surface area contributed by atoms with Gasteiger partial charge in [0.05, 0.1) is 18.6 Å². The minimum Gasteiger partial charge on any atom is -0.373 e. The summed E-state index contributed by atoms with van der Waals surface area (Å²) in [5.41, 5.74) is -0.390. The SMILES string of the molecule is CCNCC1(OCCC(F)(F)F)CCCC(C)C1. The highest BCUT2D eigenvalue weighted by Crippen LogP contribution is 2.35. The molecule has 0 saturated heterocycles. The Morgan fingerprint density at radius 2 is 2.11 bits per heavy atom. The number of alkyl halides is 3. The van der Waals surface area contributed by atoms with E-state index in [4.69, 9.17) is 4.74 Å². The zero-order valence-corrected chi connectivity index (χ0v) is 11.3. The van der Waals surface area contributed by atoms with Gasteiger partial charge in [-0.15, -0.1) is 0 Å². The fraction of sp³-hybridized carbons (Fsp3) is 1.00. The van der Waals surface area contributed by atoms with Crippen LogP contribution in [0.1, 0.15) is 46.0 Å². The summed E-state index contributed by atoms with van der Waals surface area (Å²) < 4.78 is 42.1. The van der Waals surface area contributed by atoms with Crippen LogP contribution >= 0.6 is 0 Å². The van der Waals surface area contributed by atoms with Gasteiger partial charge in [-0.25, -0.2) is 0 Å². The van der Waals surface area contributed by atoms with Crippen LogP contribution in [0.5, 0.6) is 0 Å². The molecule has 5 heteroatoms. The number of nitrogens with one attached hydrogen (secondary N) is 1. The topological polar surface area (TPSA) is 21.3 Å². The van der Waals surface area contributed by atoms with Crippen molar-refractivity contribution in [2.45, 2.75) is 57.7 Å². The Labute approximate surface area is 107 Å². The van der Waals surface area contributed by atoms with Gasteiger partial charge in [-0.1, -0.05) is 26.7 Å². The molecule has 0 aromatic carbocycles. The van der Waals surface area contributed by atoms with Crippen molar-refractivity contribution in [3.63, 3.8) is 0 Å². The molecule has 2 atom stereocenters. The third-order valence-electron chi connectivity index (χ3n) is 3.54. The molecule has 0 aromatic rings. The molecule has 108 valence electrons. The second kappa shape index (κ2) is 6.75. The van der Waals surface area contributed by atoms with Crippen molar-refractivity contribution in [3.05, 3.63) is 0 Å². The average Bonchev–Trinajstić information content (AvgIpc) is 2.25. The predicted molar refractivity (Wildman–Crippen MR) is 65.5 cm³/mol. The van der Waals surface area contributed by atoms with Crippen LogP contribution in [-0.2, 0) is 4.74 Å². The van der Waals surface area contributed by atoms with Crippen LogP contribution in [0.15, 0.2) is 0 Å². The molecule has 2 unspecified atom stereocenters. The van der Waals surface area contributed by atoms with Crippen LogP contribution in [-0.4, -0.2) is 31.5 Å². The maximum Gasteiger partial charge on any atom is 0.391 e. The van der Waals surface area contributed by atoms with Gasteiger partial charge >= 0.3 is 6.18 Å². The molecule has 0 spiro atoms. The van der Waals surface area contributed by atoms with Gasteiger partial charge in [0.15, 0.2) is 0 Å². The molecule has 1 aliphatic rings. The summed E-state index contributed by atoms with van der Waals surface area (Å²) in [5, 5.41) is 3.22. The summed E-state index contributed by atoms with van der Waals surface area (Å²) >= 11 is 0. The second-order valence-corrected chi connectivity index (χ2v) is 5.38. The van der Waals surface area contributed by atoms with E-state index in [1.54, 1.807) is 0 Å². The third-order valence-corrected chi connectivity index (χ3v) is 3.54. The maximum absolute atomic E-state index is 12.2. The Kier molecular flexibility index (Phi) is 5.92. The average molecular weight is 267 g/mol. The summed E-state index contributed by atoms with van der Waals surface area (Å²) in [4.78, 5) is 0. The van der Waals surface area contributed by atoms with Gasteiger partial charge in [-0.05, 0) is 25.3 Å². The van der Waals surface area contributed by atoms with Gasteiger partial charge in [0, 0.05) is 6.54 Å². The van der Waals surface area contributed by atoms with Gasteiger partial charge in [0.2, 0.25) is 0 Å². The first-order valence-electron chi connectivity index (χ1n) is 6.78. The molecule has 0 radical (unpaired) electrons. The predicted octanol–water partition coefficient (Wildman–Crippen LogP) is 3.51.